The predicted octanol–water partition coefficient (Wildman–Crippen LogP) is 6.20. The number of hydrogen-bond donors (Lipinski definition) is 0. The first-order valence-electron chi connectivity index (χ1n) is 8.03. The van der Waals surface area contributed by atoms with Crippen LogP contribution in [0.1, 0.15) is 32.1 Å². The summed E-state index contributed by atoms with van der Waals surface area (Å²) in [5.74, 6) is -45.7. The van der Waals surface area contributed by atoms with Gasteiger partial charge >= 0.3 is 47.8 Å². The molecule has 0 atom stereocenters. The van der Waals surface area contributed by atoms with Crippen LogP contribution in [0.3, 0.4) is 0 Å². The highest BCUT2D eigenvalue weighted by Gasteiger charge is 2.92. The zero-order valence-corrected chi connectivity index (χ0v) is 17.4. The van der Waals surface area contributed by atoms with Crippen molar-refractivity contribution in [3.05, 3.63) is 0 Å². The minimum Gasteiger partial charge on any atom is -0.369 e. The smallest absolute Gasteiger partial charge is 0.369 e. The summed E-state index contributed by atoms with van der Waals surface area (Å²) in [5, 5.41) is 0. The molecule has 194 valence electrons. The van der Waals surface area contributed by atoms with Gasteiger partial charge in [-0.1, -0.05) is 6.42 Å². The van der Waals surface area contributed by atoms with Crippen molar-refractivity contribution in [2.75, 3.05) is 0 Å². The van der Waals surface area contributed by atoms with E-state index >= 15 is 0 Å². The van der Waals surface area contributed by atoms with E-state index in [4.69, 9.17) is 0 Å². The zero-order chi connectivity index (χ0) is 26.2. The minimum atomic E-state index is -8.18. The zero-order valence-electron chi connectivity index (χ0n) is 15.4. The Labute approximate surface area is 170 Å². The van der Waals surface area contributed by atoms with Crippen molar-refractivity contribution in [1.82, 2.24) is 0 Å². The Morgan fingerprint density at radius 1 is 0.438 bits per heavy atom. The second-order valence-corrected chi connectivity index (χ2v) is 6.88. The van der Waals surface area contributed by atoms with Crippen LogP contribution in [-0.4, -0.2) is 58.3 Å². The molecular formula is C13H13F17OSi. The van der Waals surface area contributed by atoms with Crippen molar-refractivity contribution < 1.29 is 79.1 Å². The molecule has 0 fully saturated rings. The normalized spacial score (nSPS) is 16.0. The first kappa shape index (κ1) is 31.0. The van der Waals surface area contributed by atoms with Crippen LogP contribution in [0.2, 0.25) is 0 Å². The molecule has 0 unspecified atom stereocenters. The average molecular weight is 536 g/mol. The third-order valence-corrected chi connectivity index (χ3v) is 4.62. The molecule has 0 heterocycles. The molecule has 32 heavy (non-hydrogen) atoms. The SMILES string of the molecule is FC(F)(F)CCCCCC(F)(F)C(F)(F)C(F)(F)C(F)(F)C(F)(F)C(F)(F)C(F)(F)O[SiH3]. The molecule has 0 radical (unpaired) electrons. The fourth-order valence-corrected chi connectivity index (χ4v) is 2.39. The predicted molar refractivity (Wildman–Crippen MR) is 74.8 cm³/mol. The highest BCUT2D eigenvalue weighted by atomic mass is 28.2. The molecule has 0 N–H and O–H groups in total. The first-order valence-corrected chi connectivity index (χ1v) is 8.85. The van der Waals surface area contributed by atoms with Crippen LogP contribution in [0, 0.1) is 0 Å². The molecular weight excluding hydrogens is 523 g/mol. The van der Waals surface area contributed by atoms with E-state index in [1.165, 1.54) is 0 Å². The van der Waals surface area contributed by atoms with Crippen molar-refractivity contribution in [2.45, 2.75) is 79.9 Å². The van der Waals surface area contributed by atoms with Crippen LogP contribution >= 0.6 is 0 Å². The molecule has 0 saturated carbocycles. The number of halogens is 17. The molecule has 0 aliphatic carbocycles. The summed E-state index contributed by atoms with van der Waals surface area (Å²) in [6.07, 6.45) is -19.0. The van der Waals surface area contributed by atoms with E-state index in [-0.39, 0.29) is 0 Å². The number of rotatable bonds is 12. The molecule has 19 heteroatoms. The van der Waals surface area contributed by atoms with Crippen molar-refractivity contribution >= 4 is 10.5 Å². The maximum absolute atomic E-state index is 13.5. The van der Waals surface area contributed by atoms with Gasteiger partial charge in [0.15, 0.2) is 10.5 Å². The molecule has 0 aromatic carbocycles. The Balaban J connectivity index is 5.91. The molecule has 0 rings (SSSR count). The number of alkyl halides is 17. The molecule has 0 amide bonds. The van der Waals surface area contributed by atoms with E-state index < -0.39 is 90.4 Å². The van der Waals surface area contributed by atoms with Crippen LogP contribution in [0.25, 0.3) is 0 Å². The third-order valence-electron chi connectivity index (χ3n) is 4.11. The van der Waals surface area contributed by atoms with Gasteiger partial charge in [-0.05, 0) is 12.8 Å². The van der Waals surface area contributed by atoms with Crippen LogP contribution in [-0.2, 0) is 4.43 Å². The molecule has 0 aliphatic heterocycles. The molecule has 0 aromatic heterocycles. The van der Waals surface area contributed by atoms with Crippen LogP contribution < -0.4 is 0 Å². The summed E-state index contributed by atoms with van der Waals surface area (Å²) in [5.41, 5.74) is 0. The quantitative estimate of drug-likeness (QED) is 0.164. The summed E-state index contributed by atoms with van der Waals surface area (Å²) in [4.78, 5) is 0. The Bertz CT molecular complexity index is 626. The van der Waals surface area contributed by atoms with Gasteiger partial charge in [-0.15, -0.1) is 0 Å². The molecule has 0 aliphatic rings. The second-order valence-electron chi connectivity index (χ2n) is 6.47. The summed E-state index contributed by atoms with van der Waals surface area (Å²) in [7, 11) is -1.56. The van der Waals surface area contributed by atoms with Gasteiger partial charge in [0, 0.05) is 12.8 Å². The van der Waals surface area contributed by atoms with Gasteiger partial charge in [0.1, 0.15) is 0 Å². The minimum absolute atomic E-state index is 0.981. The van der Waals surface area contributed by atoms with E-state index in [1.54, 1.807) is 0 Å². The first-order chi connectivity index (χ1) is 13.8. The number of hydrogen-bond acceptors (Lipinski definition) is 1. The topological polar surface area (TPSA) is 9.23 Å². The molecule has 1 nitrogen and oxygen atoms in total. The monoisotopic (exact) mass is 536 g/mol. The van der Waals surface area contributed by atoms with Crippen molar-refractivity contribution in [3.63, 3.8) is 0 Å². The van der Waals surface area contributed by atoms with E-state index in [0.29, 0.717) is 0 Å². The molecule has 0 aromatic rings. The Morgan fingerprint density at radius 2 is 0.781 bits per heavy atom. The van der Waals surface area contributed by atoms with Gasteiger partial charge in [0.25, 0.3) is 0 Å². The second kappa shape index (κ2) is 8.97. The lowest BCUT2D eigenvalue weighted by atomic mass is 9.89. The highest BCUT2D eigenvalue weighted by Crippen LogP contribution is 2.62. The van der Waals surface area contributed by atoms with Gasteiger partial charge in [0.2, 0.25) is 0 Å². The molecule has 0 bridgehead atoms. The van der Waals surface area contributed by atoms with Crippen molar-refractivity contribution in [3.8, 4) is 0 Å². The Hall–Kier alpha value is -1.01. The van der Waals surface area contributed by atoms with Gasteiger partial charge in [-0.25, -0.2) is 0 Å². The van der Waals surface area contributed by atoms with E-state index in [1.807, 2.05) is 0 Å². The fourth-order valence-electron chi connectivity index (χ4n) is 2.14. The average Bonchev–Trinajstić information content (AvgIpc) is 2.59. The summed E-state index contributed by atoms with van der Waals surface area (Å²) < 4.78 is 225. The maximum atomic E-state index is 13.5. The van der Waals surface area contributed by atoms with Gasteiger partial charge in [-0.2, -0.15) is 74.6 Å². The number of unbranched alkanes of at least 4 members (excludes halogenated alkanes) is 2. The molecule has 0 saturated heterocycles. The van der Waals surface area contributed by atoms with Crippen LogP contribution in [0.15, 0.2) is 0 Å². The summed E-state index contributed by atoms with van der Waals surface area (Å²) in [6, 6.07) is 0. The molecule has 0 spiro atoms. The Morgan fingerprint density at radius 3 is 1.16 bits per heavy atom. The summed E-state index contributed by atoms with van der Waals surface area (Å²) in [6.45, 7) is 0. The standard InChI is InChI=1S/C13H13F17OSi/c14-6(15,4-2-1-3-5-7(16,17)18)8(19,20)9(21,22)10(23,24)11(25,26)12(27,28)13(29,30)31-32/h1-5H2,32H3. The van der Waals surface area contributed by atoms with Gasteiger partial charge < -0.3 is 4.43 Å². The largest absolute Gasteiger partial charge is 0.416 e. The van der Waals surface area contributed by atoms with E-state index in [2.05, 4.69) is 4.43 Å². The lowest BCUT2D eigenvalue weighted by Crippen LogP contribution is -2.73. The highest BCUT2D eigenvalue weighted by molar-refractivity contribution is 5.98. The lowest BCUT2D eigenvalue weighted by Gasteiger charge is -2.42. The van der Waals surface area contributed by atoms with E-state index in [9.17, 15) is 74.6 Å². The summed E-state index contributed by atoms with van der Waals surface area (Å²) >= 11 is 0. The van der Waals surface area contributed by atoms with Crippen molar-refractivity contribution in [1.29, 1.82) is 0 Å². The van der Waals surface area contributed by atoms with Crippen molar-refractivity contribution in [2.24, 2.45) is 0 Å². The lowest BCUT2D eigenvalue weighted by molar-refractivity contribution is -0.457. The Kier molecular flexibility index (Phi) is 8.69. The third kappa shape index (κ3) is 5.21. The van der Waals surface area contributed by atoms with Gasteiger partial charge in [-0.3, -0.25) is 0 Å². The fraction of sp³-hybridized carbons (Fsp3) is 1.00. The van der Waals surface area contributed by atoms with E-state index in [0.717, 1.165) is 0 Å². The van der Waals surface area contributed by atoms with Crippen LogP contribution in [0.4, 0.5) is 74.6 Å². The van der Waals surface area contributed by atoms with Gasteiger partial charge in [0.05, 0.1) is 0 Å². The maximum Gasteiger partial charge on any atom is 0.416 e. The van der Waals surface area contributed by atoms with Crippen LogP contribution in [0.5, 0.6) is 0 Å².